The van der Waals surface area contributed by atoms with Gasteiger partial charge in [-0.05, 0) is 20.3 Å². The van der Waals surface area contributed by atoms with Crippen molar-refractivity contribution in [3.63, 3.8) is 0 Å². The summed E-state index contributed by atoms with van der Waals surface area (Å²) in [4.78, 5) is 9.11. The van der Waals surface area contributed by atoms with Crippen LogP contribution in [-0.4, -0.2) is 32.0 Å². The van der Waals surface area contributed by atoms with Crippen molar-refractivity contribution in [2.24, 2.45) is 0 Å². The minimum absolute atomic E-state index is 0.762. The van der Waals surface area contributed by atoms with Crippen LogP contribution >= 0.6 is 0 Å². The molecule has 18 heavy (non-hydrogen) atoms. The predicted molar refractivity (Wildman–Crippen MR) is 70.4 cm³/mol. The molecular weight excluding hydrogens is 228 g/mol. The van der Waals surface area contributed by atoms with E-state index in [0.29, 0.717) is 0 Å². The second kappa shape index (κ2) is 5.12. The first kappa shape index (κ1) is 12.5. The van der Waals surface area contributed by atoms with E-state index in [1.54, 1.807) is 6.20 Å². The van der Waals surface area contributed by atoms with Gasteiger partial charge in [0.15, 0.2) is 5.82 Å². The lowest BCUT2D eigenvalue weighted by atomic mass is 10.2. The summed E-state index contributed by atoms with van der Waals surface area (Å²) in [6.07, 6.45) is 2.73. The van der Waals surface area contributed by atoms with Crippen LogP contribution in [0.5, 0.6) is 0 Å². The third kappa shape index (κ3) is 2.18. The molecule has 0 bridgehead atoms. The number of anilines is 1. The average Bonchev–Trinajstić information content (AvgIpc) is 2.80. The molecule has 0 aliphatic rings. The fourth-order valence-electron chi connectivity index (χ4n) is 1.77. The van der Waals surface area contributed by atoms with Crippen LogP contribution in [0.2, 0.25) is 0 Å². The van der Waals surface area contributed by atoms with E-state index in [1.165, 1.54) is 0 Å². The molecule has 0 aliphatic carbocycles. The number of rotatable bonds is 4. The Labute approximate surface area is 106 Å². The van der Waals surface area contributed by atoms with E-state index in [0.717, 1.165) is 41.6 Å². The van der Waals surface area contributed by atoms with Gasteiger partial charge in [-0.2, -0.15) is 0 Å². The zero-order chi connectivity index (χ0) is 13.1. The number of nitrogens with zero attached hydrogens (tertiary/aromatic N) is 5. The van der Waals surface area contributed by atoms with Gasteiger partial charge in [0.2, 0.25) is 0 Å². The molecule has 0 saturated heterocycles. The molecule has 2 aromatic rings. The highest BCUT2D eigenvalue weighted by molar-refractivity contribution is 5.68. The van der Waals surface area contributed by atoms with E-state index in [9.17, 15) is 0 Å². The summed E-state index contributed by atoms with van der Waals surface area (Å²) in [7, 11) is 1.84. The van der Waals surface area contributed by atoms with E-state index >= 15 is 0 Å². The van der Waals surface area contributed by atoms with E-state index in [4.69, 9.17) is 0 Å². The Bertz CT molecular complexity index is 545. The summed E-state index contributed by atoms with van der Waals surface area (Å²) in [5, 5.41) is 11.1. The molecule has 0 unspecified atom stereocenters. The Morgan fingerprint density at radius 2 is 1.94 bits per heavy atom. The van der Waals surface area contributed by atoms with Crippen LogP contribution in [0.1, 0.15) is 24.7 Å². The molecule has 1 N–H and O–H groups in total. The van der Waals surface area contributed by atoms with E-state index in [1.807, 2.05) is 25.6 Å². The molecule has 0 atom stereocenters. The van der Waals surface area contributed by atoms with Crippen LogP contribution < -0.4 is 5.32 Å². The highest BCUT2D eigenvalue weighted by Gasteiger charge is 2.14. The minimum atomic E-state index is 0.762. The van der Waals surface area contributed by atoms with Crippen LogP contribution in [0, 0.1) is 13.8 Å². The number of hydrogen-bond acceptors (Lipinski definition) is 5. The van der Waals surface area contributed by atoms with Gasteiger partial charge < -0.3 is 5.32 Å². The van der Waals surface area contributed by atoms with Crippen molar-refractivity contribution in [1.82, 2.24) is 25.0 Å². The van der Waals surface area contributed by atoms with Gasteiger partial charge in [-0.15, -0.1) is 5.10 Å². The van der Waals surface area contributed by atoms with Crippen molar-refractivity contribution in [1.29, 1.82) is 0 Å². The Morgan fingerprint density at radius 1 is 1.22 bits per heavy atom. The molecule has 0 radical (unpaired) electrons. The molecule has 0 aromatic carbocycles. The Kier molecular flexibility index (Phi) is 3.55. The number of hydrogen-bond donors (Lipinski definition) is 1. The first-order chi connectivity index (χ1) is 8.67. The van der Waals surface area contributed by atoms with Crippen molar-refractivity contribution >= 4 is 5.82 Å². The molecule has 0 saturated carbocycles. The number of aryl methyl sites for hydroxylation is 3. The Hall–Kier alpha value is -1.98. The van der Waals surface area contributed by atoms with Gasteiger partial charge in [-0.25, -0.2) is 14.6 Å². The summed E-state index contributed by atoms with van der Waals surface area (Å²) in [5.74, 6) is 0.762. The van der Waals surface area contributed by atoms with Crippen molar-refractivity contribution in [2.75, 3.05) is 12.4 Å². The highest BCUT2D eigenvalue weighted by Crippen LogP contribution is 2.24. The Balaban J connectivity index is 2.55. The molecule has 6 heteroatoms. The summed E-state index contributed by atoms with van der Waals surface area (Å²) in [5.41, 5.74) is 3.56. The second-order valence-corrected chi connectivity index (χ2v) is 4.18. The van der Waals surface area contributed by atoms with Gasteiger partial charge in [0.1, 0.15) is 11.4 Å². The zero-order valence-electron chi connectivity index (χ0n) is 11.2. The standard InChI is InChI=1S/C12H18N6/c1-5-6-18-10(7-14-17-18)11-12(13-4)16-9(3)8(2)15-11/h7H,5-6H2,1-4H3,(H,13,16). The third-order valence-electron chi connectivity index (χ3n) is 2.84. The van der Waals surface area contributed by atoms with Crippen LogP contribution in [0.4, 0.5) is 5.82 Å². The van der Waals surface area contributed by atoms with Gasteiger partial charge in [0, 0.05) is 13.6 Å². The quantitative estimate of drug-likeness (QED) is 0.891. The van der Waals surface area contributed by atoms with E-state index < -0.39 is 0 Å². The molecule has 6 nitrogen and oxygen atoms in total. The lowest BCUT2D eigenvalue weighted by molar-refractivity contribution is 0.583. The van der Waals surface area contributed by atoms with Crippen LogP contribution in [0.15, 0.2) is 6.20 Å². The summed E-state index contributed by atoms with van der Waals surface area (Å²) >= 11 is 0. The maximum atomic E-state index is 4.60. The van der Waals surface area contributed by atoms with Crippen molar-refractivity contribution in [2.45, 2.75) is 33.7 Å². The maximum Gasteiger partial charge on any atom is 0.154 e. The molecule has 2 aromatic heterocycles. The normalized spacial score (nSPS) is 10.7. The van der Waals surface area contributed by atoms with Crippen LogP contribution in [0.3, 0.4) is 0 Å². The lowest BCUT2D eigenvalue weighted by Gasteiger charge is -2.11. The first-order valence-corrected chi connectivity index (χ1v) is 6.09. The Morgan fingerprint density at radius 3 is 2.61 bits per heavy atom. The molecular formula is C12H18N6. The molecule has 0 spiro atoms. The summed E-state index contributed by atoms with van der Waals surface area (Å²) in [6.45, 7) is 6.84. The first-order valence-electron chi connectivity index (χ1n) is 6.09. The van der Waals surface area contributed by atoms with E-state index in [2.05, 4.69) is 32.5 Å². The fourth-order valence-corrected chi connectivity index (χ4v) is 1.77. The fraction of sp³-hybridized carbons (Fsp3) is 0.500. The van der Waals surface area contributed by atoms with Crippen LogP contribution in [0.25, 0.3) is 11.4 Å². The molecule has 0 aliphatic heterocycles. The largest absolute Gasteiger partial charge is 0.371 e. The maximum absolute atomic E-state index is 4.60. The van der Waals surface area contributed by atoms with Crippen molar-refractivity contribution < 1.29 is 0 Å². The zero-order valence-corrected chi connectivity index (χ0v) is 11.2. The van der Waals surface area contributed by atoms with Gasteiger partial charge in [-0.1, -0.05) is 12.1 Å². The molecule has 0 amide bonds. The molecule has 0 fully saturated rings. The van der Waals surface area contributed by atoms with Gasteiger partial charge in [0.05, 0.1) is 17.6 Å². The second-order valence-electron chi connectivity index (χ2n) is 4.18. The average molecular weight is 246 g/mol. The molecule has 2 rings (SSSR count). The monoisotopic (exact) mass is 246 g/mol. The molecule has 2 heterocycles. The van der Waals surface area contributed by atoms with Gasteiger partial charge >= 0.3 is 0 Å². The van der Waals surface area contributed by atoms with E-state index in [-0.39, 0.29) is 0 Å². The summed E-state index contributed by atoms with van der Waals surface area (Å²) in [6, 6.07) is 0. The summed E-state index contributed by atoms with van der Waals surface area (Å²) < 4.78 is 1.86. The smallest absolute Gasteiger partial charge is 0.154 e. The number of aromatic nitrogens is 5. The lowest BCUT2D eigenvalue weighted by Crippen LogP contribution is -2.07. The predicted octanol–water partition coefficient (Wildman–Crippen LogP) is 1.80. The van der Waals surface area contributed by atoms with Crippen molar-refractivity contribution in [3.05, 3.63) is 17.6 Å². The highest BCUT2D eigenvalue weighted by atomic mass is 15.4. The number of nitrogens with one attached hydrogen (secondary N) is 1. The van der Waals surface area contributed by atoms with Gasteiger partial charge in [-0.3, -0.25) is 0 Å². The third-order valence-corrected chi connectivity index (χ3v) is 2.84. The van der Waals surface area contributed by atoms with Crippen LogP contribution in [-0.2, 0) is 6.54 Å². The topological polar surface area (TPSA) is 68.5 Å². The van der Waals surface area contributed by atoms with Crippen molar-refractivity contribution in [3.8, 4) is 11.4 Å². The SMILES string of the molecule is CCCn1nncc1-c1nc(C)c(C)nc1NC. The minimum Gasteiger partial charge on any atom is -0.371 e. The van der Waals surface area contributed by atoms with Gasteiger partial charge in [0.25, 0.3) is 0 Å². The molecule has 96 valence electrons.